The lowest BCUT2D eigenvalue weighted by atomic mass is 10.1. The van der Waals surface area contributed by atoms with Crippen molar-refractivity contribution in [1.29, 1.82) is 0 Å². The van der Waals surface area contributed by atoms with E-state index in [1.54, 1.807) is 12.1 Å². The molecule has 0 radical (unpaired) electrons. The van der Waals surface area contributed by atoms with Gasteiger partial charge in [-0.3, -0.25) is 9.89 Å². The molecule has 2 aromatic heterocycles. The lowest BCUT2D eigenvalue weighted by molar-refractivity contribution is 0.346. The van der Waals surface area contributed by atoms with Gasteiger partial charge >= 0.3 is 0 Å². The highest BCUT2D eigenvalue weighted by Crippen LogP contribution is 2.21. The van der Waals surface area contributed by atoms with E-state index in [2.05, 4.69) is 10.1 Å². The van der Waals surface area contributed by atoms with Crippen LogP contribution in [-0.2, 0) is 22.9 Å². The highest BCUT2D eigenvalue weighted by molar-refractivity contribution is 7.89. The number of sulfonamides is 1. The van der Waals surface area contributed by atoms with Gasteiger partial charge in [-0.25, -0.2) is 18.1 Å². The molecule has 0 bridgehead atoms. The molecule has 0 unspecified atom stereocenters. The van der Waals surface area contributed by atoms with Crippen LogP contribution in [0.15, 0.2) is 28.0 Å². The lowest BCUT2D eigenvalue weighted by Gasteiger charge is -2.25. The van der Waals surface area contributed by atoms with Gasteiger partial charge < -0.3 is 0 Å². The normalized spacial score (nSPS) is 19.1. The minimum Gasteiger partial charge on any atom is -0.293 e. The molecule has 1 fully saturated rings. The smallest absolute Gasteiger partial charge is 0.276 e. The molecule has 1 aliphatic carbocycles. The number of aromatic nitrogens is 3. The number of rotatable bonds is 3. The lowest BCUT2D eigenvalue weighted by Crippen LogP contribution is -2.35. The van der Waals surface area contributed by atoms with Gasteiger partial charge in [0.2, 0.25) is 10.0 Å². The van der Waals surface area contributed by atoms with Crippen LogP contribution in [0.4, 0.5) is 0 Å². The fourth-order valence-corrected chi connectivity index (χ4v) is 5.30. The average molecular weight is 376 g/mol. The summed E-state index contributed by atoms with van der Waals surface area (Å²) in [6.07, 6.45) is 9.14. The molecule has 1 saturated heterocycles. The van der Waals surface area contributed by atoms with E-state index in [4.69, 9.17) is 0 Å². The number of hydrogen-bond donors (Lipinski definition) is 1. The van der Waals surface area contributed by atoms with Gasteiger partial charge in [0.05, 0.1) is 0 Å². The van der Waals surface area contributed by atoms with Crippen molar-refractivity contribution in [3.8, 4) is 5.82 Å². The van der Waals surface area contributed by atoms with Crippen LogP contribution in [-0.4, -0.2) is 40.6 Å². The summed E-state index contributed by atoms with van der Waals surface area (Å²) in [6, 6.07) is 3.15. The molecule has 0 aromatic carbocycles. The molecule has 0 saturated carbocycles. The summed E-state index contributed by atoms with van der Waals surface area (Å²) in [5, 5.41) is 3.16. The SMILES string of the molecule is O=c1c2c([nH]n1-c1ccc(S(=O)(=O)N3CCCCC3)cn1)CCCCC2. The van der Waals surface area contributed by atoms with E-state index in [1.165, 1.54) is 15.2 Å². The quantitative estimate of drug-likeness (QED) is 0.830. The van der Waals surface area contributed by atoms with Crippen molar-refractivity contribution in [3.63, 3.8) is 0 Å². The highest BCUT2D eigenvalue weighted by Gasteiger charge is 2.26. The maximum absolute atomic E-state index is 12.7. The Hall–Kier alpha value is -1.93. The third-order valence-corrected chi connectivity index (χ3v) is 7.21. The fraction of sp³-hybridized carbons (Fsp3) is 0.556. The number of nitrogens with zero attached hydrogens (tertiary/aromatic N) is 3. The third kappa shape index (κ3) is 3.12. The maximum Gasteiger partial charge on any atom is 0.276 e. The minimum atomic E-state index is -3.50. The van der Waals surface area contributed by atoms with E-state index in [0.29, 0.717) is 18.9 Å². The number of nitrogens with one attached hydrogen (secondary N) is 1. The first-order valence-corrected chi connectivity index (χ1v) is 10.8. The van der Waals surface area contributed by atoms with Gasteiger partial charge in [-0.2, -0.15) is 4.31 Å². The van der Waals surface area contributed by atoms with Gasteiger partial charge in [-0.15, -0.1) is 0 Å². The number of hydrogen-bond acceptors (Lipinski definition) is 4. The van der Waals surface area contributed by atoms with Gasteiger partial charge in [0.25, 0.3) is 5.56 Å². The van der Waals surface area contributed by atoms with Gasteiger partial charge in [0, 0.05) is 30.5 Å². The average Bonchev–Trinajstić information content (AvgIpc) is 2.84. The standard InChI is InChI=1S/C18H24N4O3S/c23-18-15-7-3-1-4-8-16(15)20-22(18)17-10-9-14(13-19-17)26(24,25)21-11-5-2-6-12-21/h9-10,13,20H,1-8,11-12H2. The maximum atomic E-state index is 12.7. The van der Waals surface area contributed by atoms with Crippen molar-refractivity contribution in [2.45, 2.75) is 56.3 Å². The topological polar surface area (TPSA) is 88.1 Å². The zero-order chi connectivity index (χ0) is 18.1. The molecule has 3 heterocycles. The molecule has 0 atom stereocenters. The number of pyridine rings is 1. The Labute approximate surface area is 153 Å². The zero-order valence-electron chi connectivity index (χ0n) is 14.8. The van der Waals surface area contributed by atoms with E-state index >= 15 is 0 Å². The van der Waals surface area contributed by atoms with Crippen molar-refractivity contribution in [2.75, 3.05) is 13.1 Å². The summed E-state index contributed by atoms with van der Waals surface area (Å²) in [6.45, 7) is 1.12. The second-order valence-corrected chi connectivity index (χ2v) is 9.02. The van der Waals surface area contributed by atoms with Crippen molar-refractivity contribution < 1.29 is 8.42 Å². The molecular formula is C18H24N4O3S. The van der Waals surface area contributed by atoms with Crippen LogP contribution in [0, 0.1) is 0 Å². The Morgan fingerprint density at radius 3 is 2.42 bits per heavy atom. The molecular weight excluding hydrogens is 352 g/mol. The number of H-pyrrole nitrogens is 1. The zero-order valence-corrected chi connectivity index (χ0v) is 15.6. The predicted molar refractivity (Wildman–Crippen MR) is 98.1 cm³/mol. The molecule has 2 aromatic rings. The monoisotopic (exact) mass is 376 g/mol. The summed E-state index contributed by atoms with van der Waals surface area (Å²) in [5.74, 6) is 0.431. The summed E-state index contributed by atoms with van der Waals surface area (Å²) in [7, 11) is -3.50. The molecule has 140 valence electrons. The van der Waals surface area contributed by atoms with Crippen LogP contribution in [0.3, 0.4) is 0 Å². The first-order valence-electron chi connectivity index (χ1n) is 9.37. The van der Waals surface area contributed by atoms with Gasteiger partial charge in [-0.1, -0.05) is 12.8 Å². The molecule has 1 N–H and O–H groups in total. The van der Waals surface area contributed by atoms with Gasteiger partial charge in [0.15, 0.2) is 5.82 Å². The Kier molecular flexibility index (Phi) is 4.71. The molecule has 0 spiro atoms. The van der Waals surface area contributed by atoms with Crippen molar-refractivity contribution >= 4 is 10.0 Å². The Morgan fingerprint density at radius 1 is 0.962 bits per heavy atom. The summed E-state index contributed by atoms with van der Waals surface area (Å²) in [4.78, 5) is 17.1. The van der Waals surface area contributed by atoms with Crippen molar-refractivity contribution in [3.05, 3.63) is 39.9 Å². The second kappa shape index (κ2) is 7.00. The summed E-state index contributed by atoms with van der Waals surface area (Å²) in [5.41, 5.74) is 1.76. The number of fused-ring (bicyclic) bond motifs is 1. The predicted octanol–water partition coefficient (Wildman–Crippen LogP) is 2.00. The number of aryl methyl sites for hydroxylation is 1. The Morgan fingerprint density at radius 2 is 1.69 bits per heavy atom. The molecule has 4 rings (SSSR count). The first-order chi connectivity index (χ1) is 12.6. The first kappa shape index (κ1) is 17.5. The molecule has 2 aliphatic rings. The van der Waals surface area contributed by atoms with Crippen LogP contribution in [0.2, 0.25) is 0 Å². The number of piperidine rings is 1. The van der Waals surface area contributed by atoms with E-state index in [0.717, 1.165) is 62.6 Å². The second-order valence-electron chi connectivity index (χ2n) is 7.09. The van der Waals surface area contributed by atoms with Crippen LogP contribution < -0.4 is 5.56 Å². The van der Waals surface area contributed by atoms with E-state index < -0.39 is 10.0 Å². The summed E-state index contributed by atoms with van der Waals surface area (Å²) >= 11 is 0. The Balaban J connectivity index is 1.63. The summed E-state index contributed by atoms with van der Waals surface area (Å²) < 4.78 is 28.4. The van der Waals surface area contributed by atoms with E-state index in [1.807, 2.05) is 0 Å². The Bertz CT molecular complexity index is 938. The highest BCUT2D eigenvalue weighted by atomic mass is 32.2. The van der Waals surface area contributed by atoms with Crippen molar-refractivity contribution in [1.82, 2.24) is 19.1 Å². The van der Waals surface area contributed by atoms with Crippen LogP contribution in [0.5, 0.6) is 0 Å². The van der Waals surface area contributed by atoms with Crippen LogP contribution in [0.1, 0.15) is 49.8 Å². The van der Waals surface area contributed by atoms with Crippen molar-refractivity contribution in [2.24, 2.45) is 0 Å². The molecule has 7 nitrogen and oxygen atoms in total. The number of aromatic amines is 1. The fourth-order valence-electron chi connectivity index (χ4n) is 3.84. The van der Waals surface area contributed by atoms with Gasteiger partial charge in [-0.05, 0) is 50.7 Å². The van der Waals surface area contributed by atoms with E-state index in [9.17, 15) is 13.2 Å². The van der Waals surface area contributed by atoms with Gasteiger partial charge in [0.1, 0.15) is 4.90 Å². The molecule has 26 heavy (non-hydrogen) atoms. The minimum absolute atomic E-state index is 0.0685. The van der Waals surface area contributed by atoms with Crippen LogP contribution in [0.25, 0.3) is 5.82 Å². The third-order valence-electron chi connectivity index (χ3n) is 5.33. The largest absolute Gasteiger partial charge is 0.293 e. The molecule has 0 amide bonds. The molecule has 1 aliphatic heterocycles. The van der Waals surface area contributed by atoms with Crippen LogP contribution >= 0.6 is 0 Å². The molecule has 8 heteroatoms. The van der Waals surface area contributed by atoms with E-state index in [-0.39, 0.29) is 10.5 Å².